The number of hydrogen-bond acceptors (Lipinski definition) is 6. The molecule has 0 aromatic rings. The molecule has 0 radical (unpaired) electrons. The van der Waals surface area contributed by atoms with Gasteiger partial charge in [0.25, 0.3) is 12.0 Å². The molecule has 0 aromatic heterocycles. The van der Waals surface area contributed by atoms with E-state index in [1.54, 1.807) is 48.5 Å². The lowest BCUT2D eigenvalue weighted by Crippen LogP contribution is -2.34. The first kappa shape index (κ1) is 20.0. The molecule has 0 saturated heterocycles. The Bertz CT molecular complexity index is 399. The van der Waals surface area contributed by atoms with Crippen LogP contribution in [-0.2, 0) is 19.0 Å². The molecule has 0 bridgehead atoms. The lowest BCUT2D eigenvalue weighted by molar-refractivity contribution is -0.156. The van der Waals surface area contributed by atoms with Crippen molar-refractivity contribution in [3.05, 3.63) is 0 Å². The van der Waals surface area contributed by atoms with Crippen molar-refractivity contribution in [2.75, 3.05) is 0 Å². The van der Waals surface area contributed by atoms with Gasteiger partial charge in [0.05, 0.1) is 12.2 Å². The molecule has 0 aromatic carbocycles. The molecule has 22 heavy (non-hydrogen) atoms. The van der Waals surface area contributed by atoms with Gasteiger partial charge in [0.15, 0.2) is 0 Å². The average molecular weight is 316 g/mol. The van der Waals surface area contributed by atoms with Crippen LogP contribution in [0, 0.1) is 0 Å². The second kappa shape index (κ2) is 8.45. The Morgan fingerprint density at radius 2 is 1.27 bits per heavy atom. The SMILES string of the molecule is CC(C)OC(N)=NC(N=C(N)OC(C)C)C(=O)OC(C)(C)C. The number of rotatable bonds is 5. The van der Waals surface area contributed by atoms with Crippen molar-refractivity contribution >= 4 is 18.0 Å². The first-order chi connectivity index (χ1) is 9.90. The first-order valence-electron chi connectivity index (χ1n) is 7.13. The summed E-state index contributed by atoms with van der Waals surface area (Å²) in [5, 5.41) is 0. The van der Waals surface area contributed by atoms with Gasteiger partial charge >= 0.3 is 5.97 Å². The zero-order chi connectivity index (χ0) is 17.5. The maximum atomic E-state index is 12.1. The zero-order valence-corrected chi connectivity index (χ0v) is 14.4. The van der Waals surface area contributed by atoms with Crippen LogP contribution in [0.1, 0.15) is 48.5 Å². The number of nitrogens with zero attached hydrogens (tertiary/aromatic N) is 2. The van der Waals surface area contributed by atoms with E-state index in [4.69, 9.17) is 25.7 Å². The number of hydrogen-bond donors (Lipinski definition) is 2. The minimum absolute atomic E-state index is 0.174. The van der Waals surface area contributed by atoms with E-state index < -0.39 is 17.7 Å². The molecule has 0 amide bonds. The third-order valence-corrected chi connectivity index (χ3v) is 1.83. The van der Waals surface area contributed by atoms with Gasteiger partial charge in [-0.2, -0.15) is 9.98 Å². The minimum Gasteiger partial charge on any atom is -0.463 e. The minimum atomic E-state index is -1.28. The van der Waals surface area contributed by atoms with Crippen LogP contribution in [0.5, 0.6) is 0 Å². The summed E-state index contributed by atoms with van der Waals surface area (Å²) < 4.78 is 15.6. The van der Waals surface area contributed by atoms with E-state index >= 15 is 0 Å². The summed E-state index contributed by atoms with van der Waals surface area (Å²) in [5.41, 5.74) is 10.6. The van der Waals surface area contributed by atoms with Crippen LogP contribution in [0.15, 0.2) is 9.98 Å². The molecule has 0 unspecified atom stereocenters. The summed E-state index contributed by atoms with van der Waals surface area (Å²) in [7, 11) is 0. The highest BCUT2D eigenvalue weighted by Crippen LogP contribution is 2.11. The molecule has 0 rings (SSSR count). The van der Waals surface area contributed by atoms with Crippen molar-refractivity contribution in [1.82, 2.24) is 0 Å². The second-order valence-electron chi connectivity index (χ2n) is 6.18. The molecule has 0 saturated carbocycles. The van der Waals surface area contributed by atoms with E-state index in [1.807, 2.05) is 0 Å². The summed E-state index contributed by atoms with van der Waals surface area (Å²) in [6, 6.07) is -0.348. The molecular formula is C14H28N4O4. The quantitative estimate of drug-likeness (QED) is 0.445. The van der Waals surface area contributed by atoms with Gasteiger partial charge in [-0.15, -0.1) is 0 Å². The second-order valence-corrected chi connectivity index (χ2v) is 6.18. The maximum absolute atomic E-state index is 12.1. The molecule has 0 atom stereocenters. The summed E-state index contributed by atoms with van der Waals surface area (Å²) in [5.74, 6) is -0.696. The van der Waals surface area contributed by atoms with Crippen molar-refractivity contribution in [2.45, 2.75) is 72.4 Å². The van der Waals surface area contributed by atoms with Crippen LogP contribution >= 0.6 is 0 Å². The number of amidine groups is 2. The molecule has 0 spiro atoms. The van der Waals surface area contributed by atoms with E-state index in [0.717, 1.165) is 0 Å². The Morgan fingerprint density at radius 3 is 1.55 bits per heavy atom. The van der Waals surface area contributed by atoms with E-state index in [-0.39, 0.29) is 24.3 Å². The normalized spacial score (nSPS) is 15.0. The molecule has 0 fully saturated rings. The van der Waals surface area contributed by atoms with E-state index in [2.05, 4.69) is 9.98 Å². The monoisotopic (exact) mass is 316 g/mol. The van der Waals surface area contributed by atoms with Gasteiger partial charge in [0.1, 0.15) is 5.60 Å². The topological polar surface area (TPSA) is 122 Å². The Morgan fingerprint density at radius 1 is 0.909 bits per heavy atom. The maximum Gasteiger partial charge on any atom is 0.354 e. The Kier molecular flexibility index (Phi) is 7.69. The molecule has 0 heterocycles. The van der Waals surface area contributed by atoms with Gasteiger partial charge < -0.3 is 25.7 Å². The van der Waals surface area contributed by atoms with E-state index in [9.17, 15) is 4.79 Å². The van der Waals surface area contributed by atoms with Crippen LogP contribution in [0.2, 0.25) is 0 Å². The molecule has 8 nitrogen and oxygen atoms in total. The van der Waals surface area contributed by atoms with Gasteiger partial charge in [-0.05, 0) is 48.5 Å². The van der Waals surface area contributed by atoms with E-state index in [0.29, 0.717) is 0 Å². The number of ether oxygens (including phenoxy) is 3. The van der Waals surface area contributed by atoms with Crippen molar-refractivity contribution < 1.29 is 19.0 Å². The third kappa shape index (κ3) is 9.84. The summed E-state index contributed by atoms with van der Waals surface area (Å²) in [6.45, 7) is 12.3. The van der Waals surface area contributed by atoms with Crippen molar-refractivity contribution in [3.63, 3.8) is 0 Å². The highest BCUT2D eigenvalue weighted by atomic mass is 16.6. The summed E-state index contributed by atoms with van der Waals surface area (Å²) in [4.78, 5) is 19.9. The lowest BCUT2D eigenvalue weighted by Gasteiger charge is -2.21. The fraction of sp³-hybridized carbons (Fsp3) is 0.786. The van der Waals surface area contributed by atoms with Gasteiger partial charge in [0.2, 0.25) is 6.17 Å². The number of aliphatic imine (C=N–C) groups is 2. The van der Waals surface area contributed by atoms with Crippen molar-refractivity contribution in [2.24, 2.45) is 21.5 Å². The third-order valence-electron chi connectivity index (χ3n) is 1.83. The number of carbonyl (C=O) groups is 1. The van der Waals surface area contributed by atoms with Crippen LogP contribution < -0.4 is 11.5 Å². The predicted octanol–water partition coefficient (Wildman–Crippen LogP) is 1.13. The molecule has 8 heteroatoms. The smallest absolute Gasteiger partial charge is 0.354 e. The highest BCUT2D eigenvalue weighted by molar-refractivity contribution is 5.84. The van der Waals surface area contributed by atoms with Crippen LogP contribution in [0.25, 0.3) is 0 Å². The zero-order valence-electron chi connectivity index (χ0n) is 14.4. The Hall–Kier alpha value is -1.99. The van der Waals surface area contributed by atoms with Gasteiger partial charge in [-0.25, -0.2) is 4.79 Å². The van der Waals surface area contributed by atoms with Gasteiger partial charge in [-0.3, -0.25) is 0 Å². The van der Waals surface area contributed by atoms with Crippen LogP contribution in [0.3, 0.4) is 0 Å². The standard InChI is InChI=1S/C14H28N4O4/c1-8(2)20-12(15)17-10(11(19)22-14(5,6)7)18-13(16)21-9(3)4/h8-10H,1-7H3,(H2,15,17)(H2,16,18). The van der Waals surface area contributed by atoms with Crippen LogP contribution in [-0.4, -0.2) is 42.0 Å². The molecule has 0 aliphatic rings. The molecule has 0 aliphatic heterocycles. The van der Waals surface area contributed by atoms with E-state index in [1.165, 1.54) is 0 Å². The fourth-order valence-electron chi connectivity index (χ4n) is 1.27. The van der Waals surface area contributed by atoms with Crippen LogP contribution in [0.4, 0.5) is 0 Å². The number of carbonyl (C=O) groups excluding carboxylic acids is 1. The molecule has 128 valence electrons. The summed E-state index contributed by atoms with van der Waals surface area (Å²) >= 11 is 0. The number of esters is 1. The summed E-state index contributed by atoms with van der Waals surface area (Å²) in [6.07, 6.45) is -1.65. The predicted molar refractivity (Wildman–Crippen MR) is 85.3 cm³/mol. The molecule has 4 N–H and O–H groups in total. The lowest BCUT2D eigenvalue weighted by atomic mass is 10.2. The highest BCUT2D eigenvalue weighted by Gasteiger charge is 2.26. The van der Waals surface area contributed by atoms with Crippen molar-refractivity contribution in [3.8, 4) is 0 Å². The molecule has 0 aliphatic carbocycles. The Balaban J connectivity index is 5.27. The van der Waals surface area contributed by atoms with Gasteiger partial charge in [0, 0.05) is 0 Å². The Labute approximate surface area is 131 Å². The first-order valence-corrected chi connectivity index (χ1v) is 7.13. The average Bonchev–Trinajstić information content (AvgIpc) is 2.22. The van der Waals surface area contributed by atoms with Crippen molar-refractivity contribution in [1.29, 1.82) is 0 Å². The van der Waals surface area contributed by atoms with Gasteiger partial charge in [-0.1, -0.05) is 0 Å². The molecular weight excluding hydrogens is 288 g/mol. The number of nitrogens with two attached hydrogens (primary N) is 2. The fourth-order valence-corrected chi connectivity index (χ4v) is 1.27. The largest absolute Gasteiger partial charge is 0.463 e.